The minimum Gasteiger partial charge on any atom is -0.163 e. The predicted molar refractivity (Wildman–Crippen MR) is 45.8 cm³/mol. The molecule has 1 saturated carbocycles. The van der Waals surface area contributed by atoms with Crippen molar-refractivity contribution in [2.75, 3.05) is 0 Å². The van der Waals surface area contributed by atoms with E-state index < -0.39 is 0 Å². The van der Waals surface area contributed by atoms with Gasteiger partial charge in [0.15, 0.2) is 0 Å². The largest absolute Gasteiger partial charge is 0.163 e. The Morgan fingerprint density at radius 3 is 2.50 bits per heavy atom. The van der Waals surface area contributed by atoms with E-state index in [2.05, 4.69) is 16.7 Å². The molecule has 56 valence electrons. The maximum absolute atomic E-state index is 3.88. The fraction of sp³-hybridized carbons (Fsp3) is 0.857. The first kappa shape index (κ1) is 7.87. The molecule has 1 aliphatic carbocycles. The first-order valence-electron chi connectivity index (χ1n) is 3.79. The fourth-order valence-electron chi connectivity index (χ4n) is 1.31. The molecule has 0 radical (unpaired) electrons. The molecule has 10 heavy (non-hydrogen) atoms. The molecule has 0 N–H and O–H groups in total. The predicted octanol–water partition coefficient (Wildman–Crippen LogP) is 3.06. The molecule has 3 heteroatoms. The third-order valence-electron chi connectivity index (χ3n) is 1.85. The minimum atomic E-state index is 0.777. The Balaban J connectivity index is 2.25. The Morgan fingerprint density at radius 1 is 1.20 bits per heavy atom. The van der Waals surface area contributed by atoms with Gasteiger partial charge in [-0.25, -0.2) is 0 Å². The van der Waals surface area contributed by atoms with Crippen molar-refractivity contribution in [1.29, 1.82) is 0 Å². The van der Waals surface area contributed by atoms with Crippen LogP contribution in [0.1, 0.15) is 32.1 Å². The van der Waals surface area contributed by atoms with Crippen molar-refractivity contribution in [2.24, 2.45) is 9.96 Å². The zero-order chi connectivity index (χ0) is 7.23. The second-order valence-corrected chi connectivity index (χ2v) is 3.78. The highest BCUT2D eigenvalue weighted by molar-refractivity contribution is 7.27. The second-order valence-electron chi connectivity index (χ2n) is 2.64. The van der Waals surface area contributed by atoms with E-state index in [1.54, 1.807) is 0 Å². The molecule has 0 aromatic carbocycles. The quantitative estimate of drug-likeness (QED) is 0.333. The van der Waals surface area contributed by atoms with Crippen LogP contribution >= 0.6 is 8.37 Å². The van der Waals surface area contributed by atoms with Gasteiger partial charge in [-0.15, -0.1) is 4.85 Å². The van der Waals surface area contributed by atoms with Gasteiger partial charge in [0.25, 0.3) is 0 Å². The van der Waals surface area contributed by atoms with Gasteiger partial charge in [-0.1, -0.05) is 19.3 Å². The Hall–Kier alpha value is -0.230. The number of hydrogen-bond acceptors (Lipinski definition) is 1. The van der Waals surface area contributed by atoms with Crippen LogP contribution in [0.5, 0.6) is 0 Å². The van der Waals surface area contributed by atoms with Crippen LogP contribution < -0.4 is 0 Å². The highest BCUT2D eigenvalue weighted by Gasteiger charge is 2.10. The molecule has 0 heterocycles. The summed E-state index contributed by atoms with van der Waals surface area (Å²) in [5.41, 5.74) is 0.777. The van der Waals surface area contributed by atoms with Crippen LogP contribution in [-0.2, 0) is 0 Å². The Kier molecular flexibility index (Phi) is 3.59. The first-order valence-corrected chi connectivity index (χ1v) is 4.71. The monoisotopic (exact) mass is 156 g/mol. The summed E-state index contributed by atoms with van der Waals surface area (Å²) in [5, 5.41) is 3.49. The Bertz CT molecular complexity index is 128. The molecule has 2 nitrogen and oxygen atoms in total. The first-order chi connectivity index (χ1) is 4.93. The highest BCUT2D eigenvalue weighted by atomic mass is 31.1. The van der Waals surface area contributed by atoms with Gasteiger partial charge in [0.1, 0.15) is 0 Å². The molecular formula is C7H13N2P. The van der Waals surface area contributed by atoms with Crippen LogP contribution in [-0.4, -0.2) is 12.4 Å². The van der Waals surface area contributed by atoms with Crippen LogP contribution in [0.25, 0.3) is 0 Å². The van der Waals surface area contributed by atoms with E-state index in [0.29, 0.717) is 0 Å². The summed E-state index contributed by atoms with van der Waals surface area (Å²) in [6, 6.07) is 0. The molecule has 0 saturated heterocycles. The standard InChI is InChI=1S/C7H13N2P/c1-8-9-10-7-5-3-2-4-6-7/h7H,1-6H2. The van der Waals surface area contributed by atoms with E-state index >= 15 is 0 Å². The second kappa shape index (κ2) is 4.56. The molecule has 0 aromatic rings. The van der Waals surface area contributed by atoms with E-state index in [1.165, 1.54) is 32.1 Å². The molecule has 0 bridgehead atoms. The van der Waals surface area contributed by atoms with E-state index in [9.17, 15) is 0 Å². The third-order valence-corrected chi connectivity index (χ3v) is 2.93. The van der Waals surface area contributed by atoms with Crippen molar-refractivity contribution in [3.05, 3.63) is 0 Å². The highest BCUT2D eigenvalue weighted by Crippen LogP contribution is 2.28. The van der Waals surface area contributed by atoms with E-state index in [0.717, 1.165) is 14.0 Å². The van der Waals surface area contributed by atoms with Crippen molar-refractivity contribution in [1.82, 2.24) is 0 Å². The van der Waals surface area contributed by atoms with Crippen LogP contribution in [0, 0.1) is 0 Å². The number of nitrogens with zero attached hydrogens (tertiary/aromatic N) is 2. The molecule has 1 rings (SSSR count). The normalized spacial score (nSPS) is 21.6. The van der Waals surface area contributed by atoms with Crippen molar-refractivity contribution in [2.45, 2.75) is 37.8 Å². The number of rotatable bonds is 2. The third kappa shape index (κ3) is 2.57. The van der Waals surface area contributed by atoms with Gasteiger partial charge in [0.2, 0.25) is 0 Å². The summed E-state index contributed by atoms with van der Waals surface area (Å²) >= 11 is 0. The molecule has 0 aromatic heterocycles. The lowest BCUT2D eigenvalue weighted by atomic mass is 10.0. The summed E-state index contributed by atoms with van der Waals surface area (Å²) in [7, 11) is 1.14. The summed E-state index contributed by atoms with van der Waals surface area (Å²) < 4.78 is 0. The van der Waals surface area contributed by atoms with Gasteiger partial charge in [0.05, 0.1) is 0 Å². The van der Waals surface area contributed by atoms with Gasteiger partial charge in [0, 0.05) is 20.7 Å². The topological polar surface area (TPSA) is 24.7 Å². The summed E-state index contributed by atoms with van der Waals surface area (Å²) in [4.78, 5) is 3.88. The van der Waals surface area contributed by atoms with Crippen molar-refractivity contribution in [3.63, 3.8) is 0 Å². The van der Waals surface area contributed by atoms with Crippen LogP contribution in [0.15, 0.2) is 9.96 Å². The van der Waals surface area contributed by atoms with Crippen molar-refractivity contribution < 1.29 is 0 Å². The average Bonchev–Trinajstić information content (AvgIpc) is 2.03. The lowest BCUT2D eigenvalue weighted by Gasteiger charge is -2.15. The van der Waals surface area contributed by atoms with Crippen LogP contribution in [0.3, 0.4) is 0 Å². The zero-order valence-electron chi connectivity index (χ0n) is 6.16. The molecule has 0 spiro atoms. The average molecular weight is 156 g/mol. The summed E-state index contributed by atoms with van der Waals surface area (Å²) in [5.74, 6) is 0. The van der Waals surface area contributed by atoms with Gasteiger partial charge >= 0.3 is 0 Å². The zero-order valence-corrected chi connectivity index (χ0v) is 7.06. The smallest absolute Gasteiger partial charge is 0.0380 e. The molecule has 0 unspecified atom stereocenters. The van der Waals surface area contributed by atoms with E-state index in [1.807, 2.05) is 0 Å². The van der Waals surface area contributed by atoms with Crippen LogP contribution in [0.4, 0.5) is 0 Å². The minimum absolute atomic E-state index is 0.777. The Labute approximate surface area is 63.6 Å². The van der Waals surface area contributed by atoms with Gasteiger partial charge < -0.3 is 0 Å². The van der Waals surface area contributed by atoms with Gasteiger partial charge in [-0.2, -0.15) is 5.10 Å². The molecule has 0 amide bonds. The molecule has 1 fully saturated rings. The van der Waals surface area contributed by atoms with Gasteiger partial charge in [-0.05, 0) is 12.8 Å². The molecule has 0 atom stereocenters. The fourth-order valence-corrected chi connectivity index (χ4v) is 2.12. The lowest BCUT2D eigenvalue weighted by Crippen LogP contribution is -2.03. The molecule has 0 aliphatic heterocycles. The van der Waals surface area contributed by atoms with E-state index in [-0.39, 0.29) is 0 Å². The maximum atomic E-state index is 3.88. The van der Waals surface area contributed by atoms with Crippen molar-refractivity contribution in [3.8, 4) is 0 Å². The van der Waals surface area contributed by atoms with Gasteiger partial charge in [-0.3, -0.25) is 0 Å². The summed E-state index contributed by atoms with van der Waals surface area (Å²) in [6.45, 7) is 3.32. The molecular weight excluding hydrogens is 143 g/mol. The molecule has 1 aliphatic rings. The Morgan fingerprint density at radius 2 is 1.90 bits per heavy atom. The lowest BCUT2D eigenvalue weighted by molar-refractivity contribution is 0.514. The van der Waals surface area contributed by atoms with E-state index in [4.69, 9.17) is 0 Å². The van der Waals surface area contributed by atoms with Crippen LogP contribution in [0.2, 0.25) is 0 Å². The maximum Gasteiger partial charge on any atom is 0.0380 e. The summed E-state index contributed by atoms with van der Waals surface area (Å²) in [6.07, 6.45) is 6.84. The SMILES string of the molecule is C=NN=PC1CCCCC1. The van der Waals surface area contributed by atoms with Crippen molar-refractivity contribution >= 4 is 15.1 Å². The number of hydrogen-bond donors (Lipinski definition) is 0.